The van der Waals surface area contributed by atoms with Crippen LogP contribution >= 0.6 is 0 Å². The van der Waals surface area contributed by atoms with Gasteiger partial charge in [-0.15, -0.1) is 0 Å². The molecule has 0 aliphatic heterocycles. The van der Waals surface area contributed by atoms with Gasteiger partial charge in [-0.3, -0.25) is 0 Å². The van der Waals surface area contributed by atoms with Crippen molar-refractivity contribution in [2.45, 2.75) is 24.7 Å². The van der Waals surface area contributed by atoms with Gasteiger partial charge in [-0.25, -0.2) is 9.59 Å². The van der Waals surface area contributed by atoms with Crippen LogP contribution < -0.4 is 0 Å². The summed E-state index contributed by atoms with van der Waals surface area (Å²) in [5.74, 6) is 0. The molecule has 0 amide bonds. The van der Waals surface area contributed by atoms with Crippen LogP contribution in [0.4, 0.5) is 0 Å². The highest BCUT2D eigenvalue weighted by Gasteiger charge is 2.30. The number of aliphatic hydroxyl groups is 4. The molecule has 0 aromatic heterocycles. The van der Waals surface area contributed by atoms with E-state index >= 15 is 0 Å². The second kappa shape index (κ2) is 6.11. The van der Waals surface area contributed by atoms with Crippen molar-refractivity contribution in [3.8, 4) is 0 Å². The predicted molar refractivity (Wildman–Crippen MR) is 40.3 cm³/mol. The Hall–Kier alpha value is -1.40. The summed E-state index contributed by atoms with van der Waals surface area (Å²) in [5.41, 5.74) is 0. The molecule has 0 spiro atoms. The van der Waals surface area contributed by atoms with Crippen LogP contribution in [0, 0.1) is 0 Å². The third-order valence-corrected chi connectivity index (χ3v) is 1.33. The van der Waals surface area contributed by atoms with E-state index in [4.69, 9.17) is 20.4 Å². The Kier molecular flexibility index (Phi) is 5.50. The number of hydrogen-bond acceptors (Lipinski definition) is 8. The van der Waals surface area contributed by atoms with Crippen LogP contribution in [0.1, 0.15) is 0 Å². The van der Waals surface area contributed by atoms with E-state index in [0.29, 0.717) is 0 Å². The molecule has 78 valence electrons. The first-order chi connectivity index (χ1) is 6.54. The third-order valence-electron chi connectivity index (χ3n) is 1.33. The molecule has 4 atom stereocenters. The van der Waals surface area contributed by atoms with E-state index in [-0.39, 0.29) is 0 Å². The second-order valence-electron chi connectivity index (χ2n) is 2.25. The van der Waals surface area contributed by atoms with Crippen LogP contribution in [0.3, 0.4) is 0 Å². The summed E-state index contributed by atoms with van der Waals surface area (Å²) in [7, 11) is 0. The fourth-order valence-corrected chi connectivity index (χ4v) is 0.613. The molecule has 4 N–H and O–H groups in total. The maximum atomic E-state index is 9.65. The van der Waals surface area contributed by atoms with E-state index in [2.05, 4.69) is 9.98 Å². The average Bonchev–Trinajstić information content (AvgIpc) is 2.16. The monoisotopic (exact) mass is 204 g/mol. The molecule has 0 rings (SSSR count). The summed E-state index contributed by atoms with van der Waals surface area (Å²) in [6, 6.07) is 0. The molecule has 0 aliphatic carbocycles. The number of carbonyl (C=O) groups excluding carboxylic acids is 2. The van der Waals surface area contributed by atoms with Crippen molar-refractivity contribution in [1.82, 2.24) is 0 Å². The molecule has 8 heteroatoms. The zero-order valence-corrected chi connectivity index (χ0v) is 6.81. The average molecular weight is 204 g/mol. The summed E-state index contributed by atoms with van der Waals surface area (Å²) < 4.78 is 0. The van der Waals surface area contributed by atoms with Crippen molar-refractivity contribution in [3.63, 3.8) is 0 Å². The van der Waals surface area contributed by atoms with Gasteiger partial charge >= 0.3 is 0 Å². The minimum atomic E-state index is -1.96. The smallest absolute Gasteiger partial charge is 0.237 e. The van der Waals surface area contributed by atoms with Gasteiger partial charge in [-0.05, 0) is 0 Å². The van der Waals surface area contributed by atoms with E-state index < -0.39 is 24.7 Å². The van der Waals surface area contributed by atoms with Gasteiger partial charge in [0.2, 0.25) is 12.2 Å². The van der Waals surface area contributed by atoms with Crippen LogP contribution in [0.5, 0.6) is 0 Å². The van der Waals surface area contributed by atoms with E-state index in [1.165, 1.54) is 0 Å². The maximum absolute atomic E-state index is 9.65. The molecule has 0 radical (unpaired) electrons. The Morgan fingerprint density at radius 2 is 1.07 bits per heavy atom. The second-order valence-corrected chi connectivity index (χ2v) is 2.25. The minimum Gasteiger partial charge on any atom is -0.385 e. The van der Waals surface area contributed by atoms with Gasteiger partial charge in [0.25, 0.3) is 0 Å². The zero-order valence-electron chi connectivity index (χ0n) is 6.81. The Morgan fingerprint density at radius 3 is 1.29 bits per heavy atom. The molecule has 0 saturated heterocycles. The molecule has 4 unspecified atom stereocenters. The van der Waals surface area contributed by atoms with Crippen molar-refractivity contribution in [3.05, 3.63) is 0 Å². The van der Waals surface area contributed by atoms with Crippen LogP contribution in [-0.4, -0.2) is 57.2 Å². The zero-order chi connectivity index (χ0) is 11.1. The van der Waals surface area contributed by atoms with Gasteiger partial charge in [0, 0.05) is 0 Å². The lowest BCUT2D eigenvalue weighted by Gasteiger charge is -2.20. The lowest BCUT2D eigenvalue weighted by molar-refractivity contribution is -0.0994. The number of nitrogens with zero attached hydrogens (tertiary/aromatic N) is 2. The normalized spacial score (nSPS) is 18.3. The van der Waals surface area contributed by atoms with Gasteiger partial charge in [-0.1, -0.05) is 0 Å². The fourth-order valence-electron chi connectivity index (χ4n) is 0.613. The first-order valence-electron chi connectivity index (χ1n) is 3.40. The number of aliphatic hydroxyl groups excluding tert-OH is 4. The van der Waals surface area contributed by atoms with Crippen molar-refractivity contribution in [2.75, 3.05) is 0 Å². The molecule has 0 bridgehead atoms. The van der Waals surface area contributed by atoms with E-state index in [0.717, 1.165) is 12.2 Å². The highest BCUT2D eigenvalue weighted by Crippen LogP contribution is 2.06. The Morgan fingerprint density at radius 1 is 0.786 bits per heavy atom. The first-order valence-corrected chi connectivity index (χ1v) is 3.40. The number of aliphatic imine (C=N–C) groups is 2. The molecule has 0 aromatic carbocycles. The van der Waals surface area contributed by atoms with Crippen LogP contribution in [0.2, 0.25) is 0 Å². The lowest BCUT2D eigenvalue weighted by atomic mass is 10.1. The maximum Gasteiger partial charge on any atom is 0.237 e. The van der Waals surface area contributed by atoms with Crippen LogP contribution in [0.15, 0.2) is 9.98 Å². The van der Waals surface area contributed by atoms with E-state index in [1.807, 2.05) is 0 Å². The lowest BCUT2D eigenvalue weighted by Crippen LogP contribution is -2.42. The Labute approximate surface area is 77.9 Å². The SMILES string of the molecule is O=C=NC(O)C(O)C(O)C(O)N=C=O. The molecule has 0 heterocycles. The number of hydrogen-bond donors (Lipinski definition) is 4. The molecule has 14 heavy (non-hydrogen) atoms. The Bertz CT molecular complexity index is 241. The minimum absolute atomic E-state index is 0.938. The molecule has 0 aliphatic rings. The summed E-state index contributed by atoms with van der Waals surface area (Å²) in [6.45, 7) is 0. The molecular formula is C6H8N2O6. The third kappa shape index (κ3) is 3.55. The van der Waals surface area contributed by atoms with Crippen molar-refractivity contribution in [2.24, 2.45) is 9.98 Å². The van der Waals surface area contributed by atoms with Gasteiger partial charge in [0.05, 0.1) is 0 Å². The molecule has 0 saturated carbocycles. The molecule has 8 nitrogen and oxygen atoms in total. The summed E-state index contributed by atoms with van der Waals surface area (Å²) >= 11 is 0. The molecular weight excluding hydrogens is 196 g/mol. The first kappa shape index (κ1) is 12.6. The summed E-state index contributed by atoms with van der Waals surface area (Å²) in [5, 5.41) is 35.6. The number of isocyanates is 2. The molecule has 0 fully saturated rings. The topological polar surface area (TPSA) is 140 Å². The highest BCUT2D eigenvalue weighted by molar-refractivity contribution is 5.34. The quantitative estimate of drug-likeness (QED) is 0.278. The van der Waals surface area contributed by atoms with Gasteiger partial charge in [-0.2, -0.15) is 9.98 Å². The highest BCUT2D eigenvalue weighted by atomic mass is 16.4. The predicted octanol–water partition coefficient (Wildman–Crippen LogP) is -2.98. The van der Waals surface area contributed by atoms with Crippen LogP contribution in [-0.2, 0) is 9.59 Å². The van der Waals surface area contributed by atoms with Gasteiger partial charge in [0.15, 0.2) is 12.5 Å². The van der Waals surface area contributed by atoms with Crippen molar-refractivity contribution < 1.29 is 30.0 Å². The van der Waals surface area contributed by atoms with Crippen molar-refractivity contribution in [1.29, 1.82) is 0 Å². The standard InChI is InChI=1S/C6H8N2O6/c9-1-7-5(13)3(11)4(12)6(14)8-2-10/h3-6,11-14H. The van der Waals surface area contributed by atoms with Crippen molar-refractivity contribution >= 4 is 12.2 Å². The fraction of sp³-hybridized carbons (Fsp3) is 0.667. The van der Waals surface area contributed by atoms with Gasteiger partial charge in [0.1, 0.15) is 12.2 Å². The number of rotatable bonds is 5. The summed E-state index contributed by atoms with van der Waals surface area (Å²) in [4.78, 5) is 24.6. The van der Waals surface area contributed by atoms with E-state index in [9.17, 15) is 9.59 Å². The molecule has 0 aromatic rings. The largest absolute Gasteiger partial charge is 0.385 e. The van der Waals surface area contributed by atoms with Crippen LogP contribution in [0.25, 0.3) is 0 Å². The van der Waals surface area contributed by atoms with Gasteiger partial charge < -0.3 is 20.4 Å². The Balaban J connectivity index is 4.43. The summed E-state index contributed by atoms with van der Waals surface area (Å²) in [6.07, 6.45) is -5.92. The van der Waals surface area contributed by atoms with E-state index in [1.54, 1.807) is 0 Å².